The molecule has 17 atom stereocenters. The lowest BCUT2D eigenvalue weighted by Gasteiger charge is -2.48. The van der Waals surface area contributed by atoms with E-state index in [1.807, 2.05) is 6.08 Å². The topological polar surface area (TPSA) is 307 Å². The number of allylic oxidation sites excluding steroid dienone is 1. The number of carbonyl (C=O) groups excluding carboxylic acids is 1. The monoisotopic (exact) mass is 1070 g/mol. The fourth-order valence-electron chi connectivity index (χ4n) is 10.0. The molecule has 74 heavy (non-hydrogen) atoms. The van der Waals surface area contributed by atoms with E-state index in [2.05, 4.69) is 19.2 Å². The van der Waals surface area contributed by atoms with Crippen LogP contribution in [0.25, 0.3) is 0 Å². The van der Waals surface area contributed by atoms with Gasteiger partial charge < -0.3 is 89.9 Å². The fraction of sp³-hybridized carbons (Fsp3) is 0.945. The average Bonchev–Trinajstić information content (AvgIpc) is 3.40. The van der Waals surface area contributed by atoms with Crippen LogP contribution in [-0.2, 0) is 33.2 Å². The number of aliphatic hydroxyl groups is 11. The molecule has 3 fully saturated rings. The van der Waals surface area contributed by atoms with Crippen molar-refractivity contribution in [3.8, 4) is 0 Å². The van der Waals surface area contributed by atoms with Gasteiger partial charge in [-0.25, -0.2) is 0 Å². The van der Waals surface area contributed by atoms with E-state index in [0.29, 0.717) is 6.42 Å². The van der Waals surface area contributed by atoms with E-state index in [9.17, 15) is 61.0 Å². The maximum Gasteiger partial charge on any atom is 0.220 e. The van der Waals surface area contributed by atoms with Crippen LogP contribution in [0.4, 0.5) is 0 Å². The van der Waals surface area contributed by atoms with Gasteiger partial charge in [-0.2, -0.15) is 0 Å². The normalized spacial score (nSPS) is 31.5. The number of unbranched alkanes of at least 4 members (excludes halogenated alkanes) is 26. The lowest BCUT2D eigenvalue weighted by molar-refractivity contribution is -0.379. The first kappa shape index (κ1) is 66.8. The molecule has 0 aromatic rings. The third-order valence-electron chi connectivity index (χ3n) is 14.8. The van der Waals surface area contributed by atoms with E-state index in [0.717, 1.165) is 44.9 Å². The smallest absolute Gasteiger partial charge is 0.220 e. The van der Waals surface area contributed by atoms with Crippen LogP contribution in [0.2, 0.25) is 0 Å². The van der Waals surface area contributed by atoms with Crippen molar-refractivity contribution in [3.05, 3.63) is 12.2 Å². The third kappa shape index (κ3) is 24.3. The Morgan fingerprint density at radius 1 is 0.473 bits per heavy atom. The van der Waals surface area contributed by atoms with Gasteiger partial charge in [0.05, 0.1) is 38.6 Å². The van der Waals surface area contributed by atoms with Gasteiger partial charge in [-0.05, 0) is 19.3 Å². The molecule has 19 nitrogen and oxygen atoms in total. The van der Waals surface area contributed by atoms with Gasteiger partial charge >= 0.3 is 0 Å². The third-order valence-corrected chi connectivity index (χ3v) is 14.8. The Morgan fingerprint density at radius 3 is 1.27 bits per heavy atom. The van der Waals surface area contributed by atoms with E-state index in [1.165, 1.54) is 128 Å². The fourth-order valence-corrected chi connectivity index (χ4v) is 10.0. The average molecular weight is 1070 g/mol. The summed E-state index contributed by atoms with van der Waals surface area (Å²) < 4.78 is 34.1. The number of hydrogen-bond acceptors (Lipinski definition) is 18. The standard InChI is InChI=1S/C55H103NO18/c1-3-5-7-9-11-13-14-15-16-17-18-19-20-21-22-23-25-27-29-31-33-43(61)56-38(39(60)32-30-28-26-24-12-10-8-6-4-2)37-69-53-49(67)46(64)51(41(35-58)71-53)74-55-50(68)47(65)52(42(36-59)72-55)73-54-48(66)45(63)44(62)40(34-57)70-54/h30,32,38-42,44-55,57-60,62-68H,3-29,31,33-37H2,1-2H3,(H,56,61)/b32-30+. The van der Waals surface area contributed by atoms with Crippen molar-refractivity contribution < 1.29 is 89.4 Å². The summed E-state index contributed by atoms with van der Waals surface area (Å²) in [6.07, 6.45) is 10.8. The summed E-state index contributed by atoms with van der Waals surface area (Å²) in [7, 11) is 0. The van der Waals surface area contributed by atoms with Crippen molar-refractivity contribution in [2.24, 2.45) is 0 Å². The minimum atomic E-state index is -1.97. The molecule has 3 aliphatic heterocycles. The molecular formula is C55H103NO18. The van der Waals surface area contributed by atoms with Gasteiger partial charge in [0.1, 0.15) is 73.2 Å². The highest BCUT2D eigenvalue weighted by molar-refractivity contribution is 5.76. The lowest BCUT2D eigenvalue weighted by Crippen LogP contribution is -2.66. The van der Waals surface area contributed by atoms with Crippen LogP contribution in [0.5, 0.6) is 0 Å². The second-order valence-electron chi connectivity index (χ2n) is 21.1. The zero-order chi connectivity index (χ0) is 54.1. The van der Waals surface area contributed by atoms with E-state index < -0.39 is 124 Å². The molecule has 17 unspecified atom stereocenters. The zero-order valence-electron chi connectivity index (χ0n) is 45.1. The van der Waals surface area contributed by atoms with E-state index in [4.69, 9.17) is 28.4 Å². The van der Waals surface area contributed by atoms with Crippen molar-refractivity contribution in [3.63, 3.8) is 0 Å². The summed E-state index contributed by atoms with van der Waals surface area (Å²) in [4.78, 5) is 13.3. The second kappa shape index (κ2) is 39.8. The minimum absolute atomic E-state index is 0.248. The van der Waals surface area contributed by atoms with Crippen LogP contribution < -0.4 is 5.32 Å². The molecule has 3 aliphatic rings. The number of aliphatic hydroxyl groups excluding tert-OH is 11. The Balaban J connectivity index is 1.47. The Morgan fingerprint density at radius 2 is 0.838 bits per heavy atom. The number of rotatable bonds is 42. The summed E-state index contributed by atoms with van der Waals surface area (Å²) in [6.45, 7) is 1.69. The van der Waals surface area contributed by atoms with Gasteiger partial charge in [-0.15, -0.1) is 0 Å². The highest BCUT2D eigenvalue weighted by Crippen LogP contribution is 2.33. The summed E-state index contributed by atoms with van der Waals surface area (Å²) in [5, 5.41) is 120. The summed E-state index contributed by atoms with van der Waals surface area (Å²) in [5.74, 6) is -0.275. The van der Waals surface area contributed by atoms with E-state index in [1.54, 1.807) is 6.08 Å². The predicted molar refractivity (Wildman–Crippen MR) is 277 cm³/mol. The molecule has 0 aliphatic carbocycles. The highest BCUT2D eigenvalue weighted by Gasteiger charge is 2.53. The maximum atomic E-state index is 13.3. The van der Waals surface area contributed by atoms with Crippen LogP contribution in [0, 0.1) is 0 Å². The molecule has 0 aromatic heterocycles. The molecule has 436 valence electrons. The predicted octanol–water partition coefficient (Wildman–Crippen LogP) is 4.21. The summed E-state index contributed by atoms with van der Waals surface area (Å²) in [5.41, 5.74) is 0. The van der Waals surface area contributed by atoms with Crippen molar-refractivity contribution in [1.29, 1.82) is 0 Å². The first-order chi connectivity index (χ1) is 35.8. The Hall–Kier alpha value is -1.47. The number of nitrogens with one attached hydrogen (secondary N) is 1. The number of ether oxygens (including phenoxy) is 6. The molecule has 12 N–H and O–H groups in total. The van der Waals surface area contributed by atoms with Crippen LogP contribution >= 0.6 is 0 Å². The van der Waals surface area contributed by atoms with Crippen molar-refractivity contribution >= 4 is 5.91 Å². The van der Waals surface area contributed by atoms with Crippen molar-refractivity contribution in [2.75, 3.05) is 26.4 Å². The Labute approximate surface area is 442 Å². The van der Waals surface area contributed by atoms with Crippen LogP contribution in [0.1, 0.15) is 200 Å². The SMILES string of the molecule is CCCCCCCCC/C=C/C(O)C(COC1OC(CO)C(OC2OC(CO)C(OC3OC(CO)C(O)C(O)C3O)C(O)C2O)C(O)C1O)NC(=O)CCCCCCCCCCCCCCCCCCCCCC. The van der Waals surface area contributed by atoms with Crippen molar-refractivity contribution in [2.45, 2.75) is 304 Å². The van der Waals surface area contributed by atoms with Crippen LogP contribution in [-0.4, -0.2) is 193 Å². The summed E-state index contributed by atoms with van der Waals surface area (Å²) >= 11 is 0. The molecule has 0 saturated carbocycles. The zero-order valence-corrected chi connectivity index (χ0v) is 45.1. The van der Waals surface area contributed by atoms with Gasteiger partial charge in [0.2, 0.25) is 5.91 Å². The van der Waals surface area contributed by atoms with Gasteiger partial charge in [-0.3, -0.25) is 4.79 Å². The quantitative estimate of drug-likeness (QED) is 0.0301. The Bertz CT molecular complexity index is 1410. The highest BCUT2D eigenvalue weighted by atomic mass is 16.8. The molecule has 3 saturated heterocycles. The first-order valence-corrected chi connectivity index (χ1v) is 28.9. The van der Waals surface area contributed by atoms with Crippen LogP contribution in [0.15, 0.2) is 12.2 Å². The number of amides is 1. The molecule has 3 rings (SSSR count). The van der Waals surface area contributed by atoms with Gasteiger partial charge in [0, 0.05) is 6.42 Å². The Kier molecular flexibility index (Phi) is 35.9. The largest absolute Gasteiger partial charge is 0.394 e. The molecule has 1 amide bonds. The molecule has 0 bridgehead atoms. The maximum absolute atomic E-state index is 13.3. The molecule has 0 aromatic carbocycles. The second-order valence-corrected chi connectivity index (χ2v) is 21.1. The van der Waals surface area contributed by atoms with E-state index >= 15 is 0 Å². The van der Waals surface area contributed by atoms with Crippen molar-refractivity contribution in [1.82, 2.24) is 5.32 Å². The number of carbonyl (C=O) groups is 1. The van der Waals surface area contributed by atoms with Gasteiger partial charge in [0.15, 0.2) is 18.9 Å². The minimum Gasteiger partial charge on any atom is -0.394 e. The molecule has 19 heteroatoms. The summed E-state index contributed by atoms with van der Waals surface area (Å²) in [6, 6.07) is -0.965. The first-order valence-electron chi connectivity index (χ1n) is 28.9. The van der Waals surface area contributed by atoms with Gasteiger partial charge in [-0.1, -0.05) is 187 Å². The molecular weight excluding hydrogens is 963 g/mol. The van der Waals surface area contributed by atoms with Crippen LogP contribution in [0.3, 0.4) is 0 Å². The molecule has 0 radical (unpaired) electrons. The number of hydrogen-bond donors (Lipinski definition) is 12. The lowest BCUT2D eigenvalue weighted by atomic mass is 9.96. The van der Waals surface area contributed by atoms with Gasteiger partial charge in [0.25, 0.3) is 0 Å². The van der Waals surface area contributed by atoms with E-state index in [-0.39, 0.29) is 18.9 Å². The molecule has 0 spiro atoms. The molecule has 3 heterocycles.